The maximum absolute atomic E-state index is 12.9. The molecular formula is C23H30N4O2. The van der Waals surface area contributed by atoms with Crippen LogP contribution >= 0.6 is 0 Å². The number of para-hydroxylation sites is 2. The van der Waals surface area contributed by atoms with Crippen molar-refractivity contribution >= 4 is 17.4 Å². The van der Waals surface area contributed by atoms with Crippen LogP contribution in [-0.2, 0) is 11.3 Å². The molecule has 6 heteroatoms. The van der Waals surface area contributed by atoms with E-state index in [-0.39, 0.29) is 6.03 Å². The molecule has 0 unspecified atom stereocenters. The van der Waals surface area contributed by atoms with Crippen LogP contribution in [0.4, 0.5) is 16.2 Å². The summed E-state index contributed by atoms with van der Waals surface area (Å²) >= 11 is 0. The minimum atomic E-state index is -0.0132. The number of nitrogens with zero attached hydrogens (tertiary/aromatic N) is 3. The van der Waals surface area contributed by atoms with Gasteiger partial charge in [0.05, 0.1) is 24.6 Å². The van der Waals surface area contributed by atoms with E-state index in [2.05, 4.69) is 52.4 Å². The van der Waals surface area contributed by atoms with Gasteiger partial charge in [0, 0.05) is 45.8 Å². The van der Waals surface area contributed by atoms with Gasteiger partial charge in [0.15, 0.2) is 0 Å². The number of rotatable bonds is 4. The molecule has 0 saturated carbocycles. The molecule has 0 bridgehead atoms. The number of anilines is 2. The number of morpholine rings is 1. The fourth-order valence-electron chi connectivity index (χ4n) is 3.91. The van der Waals surface area contributed by atoms with Gasteiger partial charge in [-0.25, -0.2) is 4.79 Å². The summed E-state index contributed by atoms with van der Waals surface area (Å²) in [4.78, 5) is 19.5. The molecule has 2 fully saturated rings. The van der Waals surface area contributed by atoms with E-state index < -0.39 is 0 Å². The second-order valence-electron chi connectivity index (χ2n) is 7.80. The molecule has 2 aromatic carbocycles. The van der Waals surface area contributed by atoms with Gasteiger partial charge in [-0.2, -0.15) is 0 Å². The minimum Gasteiger partial charge on any atom is -0.378 e. The smallest absolute Gasteiger partial charge is 0.321 e. The zero-order valence-corrected chi connectivity index (χ0v) is 17.1. The lowest BCUT2D eigenvalue weighted by molar-refractivity contribution is 0.123. The Balaban J connectivity index is 1.32. The highest BCUT2D eigenvalue weighted by atomic mass is 16.5. The first-order chi connectivity index (χ1) is 14.2. The van der Waals surface area contributed by atoms with Crippen LogP contribution in [0.25, 0.3) is 0 Å². The van der Waals surface area contributed by atoms with Crippen LogP contribution in [-0.4, -0.2) is 68.3 Å². The predicted octanol–water partition coefficient (Wildman–Crippen LogP) is 3.18. The number of ether oxygens (including phenoxy) is 1. The summed E-state index contributed by atoms with van der Waals surface area (Å²) in [6, 6.07) is 16.7. The average molecular weight is 395 g/mol. The number of aryl methyl sites for hydroxylation is 1. The predicted molar refractivity (Wildman–Crippen MR) is 117 cm³/mol. The first-order valence-corrected chi connectivity index (χ1v) is 10.4. The molecule has 1 N–H and O–H groups in total. The number of amides is 2. The van der Waals surface area contributed by atoms with Gasteiger partial charge in [-0.3, -0.25) is 4.90 Å². The van der Waals surface area contributed by atoms with Crippen LogP contribution in [0, 0.1) is 6.92 Å². The lowest BCUT2D eigenvalue weighted by Crippen LogP contribution is -2.49. The van der Waals surface area contributed by atoms with E-state index in [9.17, 15) is 4.79 Å². The summed E-state index contributed by atoms with van der Waals surface area (Å²) in [6.07, 6.45) is 0. The van der Waals surface area contributed by atoms with Gasteiger partial charge >= 0.3 is 6.03 Å². The monoisotopic (exact) mass is 394 g/mol. The number of benzene rings is 2. The van der Waals surface area contributed by atoms with Gasteiger partial charge in [-0.05, 0) is 24.6 Å². The summed E-state index contributed by atoms with van der Waals surface area (Å²) in [5.74, 6) is 0. The van der Waals surface area contributed by atoms with E-state index in [0.29, 0.717) is 0 Å². The van der Waals surface area contributed by atoms with E-state index in [1.165, 1.54) is 11.1 Å². The van der Waals surface area contributed by atoms with Crippen molar-refractivity contribution in [2.45, 2.75) is 13.5 Å². The molecule has 0 spiro atoms. The lowest BCUT2D eigenvalue weighted by Gasteiger charge is -2.35. The summed E-state index contributed by atoms with van der Waals surface area (Å²) in [5.41, 5.74) is 4.56. The average Bonchev–Trinajstić information content (AvgIpc) is 2.77. The molecule has 6 nitrogen and oxygen atoms in total. The first-order valence-electron chi connectivity index (χ1n) is 10.4. The van der Waals surface area contributed by atoms with E-state index in [1.54, 1.807) is 0 Å². The Morgan fingerprint density at radius 1 is 0.931 bits per heavy atom. The third kappa shape index (κ3) is 5.08. The molecule has 2 aliphatic rings. The van der Waals surface area contributed by atoms with Crippen molar-refractivity contribution in [2.75, 3.05) is 62.7 Å². The Labute approximate surface area is 173 Å². The van der Waals surface area contributed by atoms with Gasteiger partial charge < -0.3 is 19.9 Å². The molecule has 0 aromatic heterocycles. The van der Waals surface area contributed by atoms with Crippen LogP contribution < -0.4 is 10.2 Å². The maximum Gasteiger partial charge on any atom is 0.321 e. The second kappa shape index (κ2) is 9.29. The Kier molecular flexibility index (Phi) is 6.32. The molecule has 2 aliphatic heterocycles. The normalized spacial score (nSPS) is 18.0. The number of piperazine rings is 1. The van der Waals surface area contributed by atoms with Crippen molar-refractivity contribution in [3.63, 3.8) is 0 Å². The third-order valence-electron chi connectivity index (χ3n) is 5.68. The van der Waals surface area contributed by atoms with Crippen LogP contribution in [0.1, 0.15) is 11.1 Å². The molecule has 0 aliphatic carbocycles. The Hall–Kier alpha value is -2.57. The molecule has 29 heavy (non-hydrogen) atoms. The maximum atomic E-state index is 12.9. The number of hydrogen-bond donors (Lipinski definition) is 1. The van der Waals surface area contributed by atoms with Crippen molar-refractivity contribution in [3.05, 3.63) is 59.7 Å². The third-order valence-corrected chi connectivity index (χ3v) is 5.68. The topological polar surface area (TPSA) is 48.0 Å². The first kappa shape index (κ1) is 19.7. The summed E-state index contributed by atoms with van der Waals surface area (Å²) < 4.78 is 5.45. The van der Waals surface area contributed by atoms with Crippen molar-refractivity contribution < 1.29 is 9.53 Å². The highest BCUT2D eigenvalue weighted by Crippen LogP contribution is 2.26. The summed E-state index contributed by atoms with van der Waals surface area (Å²) in [5, 5.41) is 3.13. The van der Waals surface area contributed by atoms with E-state index in [1.807, 2.05) is 23.1 Å². The summed E-state index contributed by atoms with van der Waals surface area (Å²) in [6.45, 7) is 9.49. The van der Waals surface area contributed by atoms with Crippen LogP contribution in [0.2, 0.25) is 0 Å². The SMILES string of the molecule is Cc1ccc(CN2CCN(C(=O)Nc3ccccc3N3CCOCC3)CC2)cc1. The van der Waals surface area contributed by atoms with Crippen molar-refractivity contribution in [2.24, 2.45) is 0 Å². The second-order valence-corrected chi connectivity index (χ2v) is 7.80. The van der Waals surface area contributed by atoms with Gasteiger partial charge in [0.25, 0.3) is 0 Å². The summed E-state index contributed by atoms with van der Waals surface area (Å²) in [7, 11) is 0. The standard InChI is InChI=1S/C23H30N4O2/c1-19-6-8-20(9-7-19)18-25-10-12-27(13-11-25)23(28)24-21-4-2-3-5-22(21)26-14-16-29-17-15-26/h2-9H,10-18H2,1H3,(H,24,28). The molecule has 2 saturated heterocycles. The Morgan fingerprint density at radius 3 is 2.34 bits per heavy atom. The fourth-order valence-corrected chi connectivity index (χ4v) is 3.91. The number of nitrogens with one attached hydrogen (secondary N) is 1. The number of urea groups is 1. The fraction of sp³-hybridized carbons (Fsp3) is 0.435. The van der Waals surface area contributed by atoms with Crippen LogP contribution in [0.3, 0.4) is 0 Å². The highest BCUT2D eigenvalue weighted by molar-refractivity contribution is 5.93. The van der Waals surface area contributed by atoms with Gasteiger partial charge in [-0.15, -0.1) is 0 Å². The molecule has 0 atom stereocenters. The number of carbonyl (C=O) groups excluding carboxylic acids is 1. The van der Waals surface area contributed by atoms with Crippen molar-refractivity contribution in [1.29, 1.82) is 0 Å². The van der Waals surface area contributed by atoms with Crippen molar-refractivity contribution in [3.8, 4) is 0 Å². The number of carbonyl (C=O) groups is 1. The van der Waals surface area contributed by atoms with Gasteiger partial charge in [0.2, 0.25) is 0 Å². The van der Waals surface area contributed by atoms with Gasteiger partial charge in [0.1, 0.15) is 0 Å². The van der Waals surface area contributed by atoms with Gasteiger partial charge in [-0.1, -0.05) is 42.0 Å². The Bertz CT molecular complexity index is 810. The number of hydrogen-bond acceptors (Lipinski definition) is 4. The lowest BCUT2D eigenvalue weighted by atomic mass is 10.1. The Morgan fingerprint density at radius 2 is 1.62 bits per heavy atom. The zero-order chi connectivity index (χ0) is 20.1. The zero-order valence-electron chi connectivity index (χ0n) is 17.1. The molecular weight excluding hydrogens is 364 g/mol. The molecule has 0 radical (unpaired) electrons. The van der Waals surface area contributed by atoms with E-state index >= 15 is 0 Å². The molecule has 2 heterocycles. The highest BCUT2D eigenvalue weighted by Gasteiger charge is 2.22. The quantitative estimate of drug-likeness (QED) is 0.865. The van der Waals surface area contributed by atoms with Crippen molar-refractivity contribution in [1.82, 2.24) is 9.80 Å². The minimum absolute atomic E-state index is 0.0132. The molecule has 2 aromatic rings. The van der Waals surface area contributed by atoms with Crippen LogP contribution in [0.15, 0.2) is 48.5 Å². The molecule has 4 rings (SSSR count). The van der Waals surface area contributed by atoms with E-state index in [4.69, 9.17) is 4.74 Å². The van der Waals surface area contributed by atoms with E-state index in [0.717, 1.165) is 70.4 Å². The molecule has 154 valence electrons. The largest absolute Gasteiger partial charge is 0.378 e. The molecule has 2 amide bonds. The van der Waals surface area contributed by atoms with Crippen LogP contribution in [0.5, 0.6) is 0 Å².